The van der Waals surface area contributed by atoms with Crippen molar-refractivity contribution < 1.29 is 27.4 Å². The van der Waals surface area contributed by atoms with E-state index in [9.17, 15) is 18.0 Å². The number of fused-ring (bicyclic) bond motifs is 1. The lowest BCUT2D eigenvalue weighted by Gasteiger charge is -2.16. The van der Waals surface area contributed by atoms with E-state index in [1.54, 1.807) is 18.2 Å². The first-order valence-electron chi connectivity index (χ1n) is 9.21. The minimum Gasteiger partial charge on any atom is -0.494 e. The number of hydrogen-bond donors (Lipinski definition) is 0. The topological polar surface area (TPSA) is 48.4 Å². The van der Waals surface area contributed by atoms with Crippen molar-refractivity contribution in [3.05, 3.63) is 59.2 Å². The first-order valence-corrected chi connectivity index (χ1v) is 10.3. The number of hydrogen-bond acceptors (Lipinski definition) is 4. The van der Waals surface area contributed by atoms with Crippen LogP contribution in [0.15, 0.2) is 42.5 Å². The molecule has 0 aliphatic rings. The third-order valence-electron chi connectivity index (χ3n) is 4.52. The Morgan fingerprint density at radius 2 is 1.93 bits per heavy atom. The lowest BCUT2D eigenvalue weighted by molar-refractivity contribution is -0.137. The van der Waals surface area contributed by atoms with Gasteiger partial charge in [-0.25, -0.2) is 9.78 Å². The van der Waals surface area contributed by atoms with E-state index in [2.05, 4.69) is 20.9 Å². The number of pyridine rings is 1. The van der Waals surface area contributed by atoms with Crippen LogP contribution in [0.5, 0.6) is 5.75 Å². The van der Waals surface area contributed by atoms with Gasteiger partial charge in [0.15, 0.2) is 0 Å². The summed E-state index contributed by atoms with van der Waals surface area (Å²) < 4.78 is 50.3. The number of aromatic nitrogens is 1. The molecule has 4 nitrogen and oxygen atoms in total. The fourth-order valence-electron chi connectivity index (χ4n) is 3.14. The Morgan fingerprint density at radius 1 is 1.17 bits per heavy atom. The van der Waals surface area contributed by atoms with Gasteiger partial charge in [0.25, 0.3) is 0 Å². The van der Waals surface area contributed by atoms with Crippen LogP contribution in [-0.4, -0.2) is 24.7 Å². The smallest absolute Gasteiger partial charge is 0.416 e. The van der Waals surface area contributed by atoms with Crippen molar-refractivity contribution in [3.8, 4) is 17.0 Å². The molecule has 0 N–H and O–H groups in total. The Bertz CT molecular complexity index is 1080. The number of benzene rings is 2. The molecule has 0 aliphatic heterocycles. The maximum atomic E-state index is 13.2. The van der Waals surface area contributed by atoms with Gasteiger partial charge < -0.3 is 9.47 Å². The van der Waals surface area contributed by atoms with Crippen molar-refractivity contribution in [2.75, 3.05) is 13.7 Å². The van der Waals surface area contributed by atoms with Crippen LogP contribution in [0.3, 0.4) is 0 Å². The van der Waals surface area contributed by atoms with Crippen molar-refractivity contribution in [2.45, 2.75) is 24.9 Å². The highest BCUT2D eigenvalue weighted by molar-refractivity contribution is 9.08. The third-order valence-corrected chi connectivity index (χ3v) is 5.08. The van der Waals surface area contributed by atoms with E-state index >= 15 is 0 Å². The fourth-order valence-corrected chi connectivity index (χ4v) is 3.69. The van der Waals surface area contributed by atoms with Gasteiger partial charge in [-0.3, -0.25) is 0 Å². The average molecular weight is 482 g/mol. The van der Waals surface area contributed by atoms with E-state index in [0.717, 1.165) is 18.6 Å². The number of alkyl halides is 4. The van der Waals surface area contributed by atoms with Crippen LogP contribution in [-0.2, 0) is 16.2 Å². The Kier molecular flexibility index (Phi) is 6.65. The SMILES string of the molecule is CCCOc1ccc2c(C(=O)OC)c(CBr)c(-c3cccc(C(F)(F)F)c3)nc2c1. The van der Waals surface area contributed by atoms with Crippen LogP contribution in [0, 0.1) is 0 Å². The molecule has 30 heavy (non-hydrogen) atoms. The second-order valence-corrected chi connectivity index (χ2v) is 7.11. The molecule has 0 bridgehead atoms. The van der Waals surface area contributed by atoms with E-state index in [-0.39, 0.29) is 22.2 Å². The van der Waals surface area contributed by atoms with Crippen LogP contribution >= 0.6 is 15.9 Å². The van der Waals surface area contributed by atoms with Crippen LogP contribution in [0.4, 0.5) is 13.2 Å². The van der Waals surface area contributed by atoms with Gasteiger partial charge in [0, 0.05) is 27.9 Å². The summed E-state index contributed by atoms with van der Waals surface area (Å²) in [5, 5.41) is 0.746. The molecule has 0 saturated heterocycles. The van der Waals surface area contributed by atoms with Gasteiger partial charge in [-0.2, -0.15) is 13.2 Å². The summed E-state index contributed by atoms with van der Waals surface area (Å²) in [6.45, 7) is 2.48. The number of rotatable bonds is 6. The van der Waals surface area contributed by atoms with Crippen molar-refractivity contribution >= 4 is 32.8 Å². The number of carbonyl (C=O) groups is 1. The Labute approximate surface area is 180 Å². The maximum absolute atomic E-state index is 13.2. The number of methoxy groups -OCH3 is 1. The number of ether oxygens (including phenoxy) is 2. The van der Waals surface area contributed by atoms with E-state index in [4.69, 9.17) is 9.47 Å². The van der Waals surface area contributed by atoms with Gasteiger partial charge in [-0.05, 0) is 30.7 Å². The average Bonchev–Trinajstić information content (AvgIpc) is 2.75. The van der Waals surface area contributed by atoms with Crippen molar-refractivity contribution in [2.24, 2.45) is 0 Å². The predicted octanol–water partition coefficient (Wildman–Crippen LogP) is 6.39. The monoisotopic (exact) mass is 481 g/mol. The zero-order valence-corrected chi connectivity index (χ0v) is 17.9. The molecule has 158 valence electrons. The summed E-state index contributed by atoms with van der Waals surface area (Å²) in [7, 11) is 1.26. The van der Waals surface area contributed by atoms with Gasteiger partial charge in [0.1, 0.15) is 5.75 Å². The molecule has 0 amide bonds. The zero-order valence-electron chi connectivity index (χ0n) is 16.3. The second-order valence-electron chi connectivity index (χ2n) is 6.55. The molecule has 3 aromatic rings. The first kappa shape index (κ1) is 22.1. The molecule has 1 aromatic heterocycles. The highest BCUT2D eigenvalue weighted by atomic mass is 79.9. The third kappa shape index (κ3) is 4.43. The number of carbonyl (C=O) groups excluding carboxylic acids is 1. The van der Waals surface area contributed by atoms with Gasteiger partial charge in [-0.1, -0.05) is 35.0 Å². The summed E-state index contributed by atoms with van der Waals surface area (Å²) in [6, 6.07) is 9.99. The van der Waals surface area contributed by atoms with E-state index < -0.39 is 17.7 Å². The number of nitrogens with zero attached hydrogens (tertiary/aromatic N) is 1. The number of halogens is 4. The largest absolute Gasteiger partial charge is 0.494 e. The molecule has 8 heteroatoms. The van der Waals surface area contributed by atoms with Crippen molar-refractivity contribution in [3.63, 3.8) is 0 Å². The van der Waals surface area contributed by atoms with Crippen LogP contribution in [0.1, 0.15) is 34.8 Å². The second kappa shape index (κ2) is 9.04. The highest BCUT2D eigenvalue weighted by Crippen LogP contribution is 2.36. The molecule has 0 saturated carbocycles. The molecule has 1 heterocycles. The molecule has 0 spiro atoms. The lowest BCUT2D eigenvalue weighted by Crippen LogP contribution is -2.10. The van der Waals surface area contributed by atoms with Gasteiger partial charge in [-0.15, -0.1) is 0 Å². The molecule has 0 fully saturated rings. The van der Waals surface area contributed by atoms with E-state index in [1.807, 2.05) is 6.92 Å². The first-order chi connectivity index (χ1) is 14.3. The standard InChI is InChI=1S/C22H19BrF3NO3/c1-3-9-30-15-7-8-16-18(11-15)27-20(17(12-23)19(16)21(28)29-2)13-5-4-6-14(10-13)22(24,25)26/h4-8,10-11H,3,9,12H2,1-2H3. The normalized spacial score (nSPS) is 11.5. The van der Waals surface area contributed by atoms with Crippen molar-refractivity contribution in [1.82, 2.24) is 4.98 Å². The van der Waals surface area contributed by atoms with Gasteiger partial charge in [0.05, 0.1) is 36.1 Å². The molecule has 3 rings (SSSR count). The van der Waals surface area contributed by atoms with E-state index in [1.165, 1.54) is 19.2 Å². The molecule has 0 radical (unpaired) electrons. The lowest BCUT2D eigenvalue weighted by atomic mass is 9.96. The summed E-state index contributed by atoms with van der Waals surface area (Å²) in [4.78, 5) is 17.2. The van der Waals surface area contributed by atoms with Crippen molar-refractivity contribution in [1.29, 1.82) is 0 Å². The van der Waals surface area contributed by atoms with Crippen LogP contribution in [0.25, 0.3) is 22.2 Å². The summed E-state index contributed by atoms with van der Waals surface area (Å²) in [6.07, 6.45) is -3.68. The van der Waals surface area contributed by atoms with Crippen LogP contribution < -0.4 is 4.74 Å². The van der Waals surface area contributed by atoms with Gasteiger partial charge in [0.2, 0.25) is 0 Å². The summed E-state index contributed by atoms with van der Waals surface area (Å²) >= 11 is 3.35. The fraction of sp³-hybridized carbons (Fsp3) is 0.273. The predicted molar refractivity (Wildman–Crippen MR) is 112 cm³/mol. The summed E-state index contributed by atoms with van der Waals surface area (Å²) in [5.41, 5.74) is 0.887. The molecule has 0 aliphatic carbocycles. The molecule has 0 unspecified atom stereocenters. The zero-order chi connectivity index (χ0) is 21.9. The Balaban J connectivity index is 2.31. The maximum Gasteiger partial charge on any atom is 0.416 e. The molecular weight excluding hydrogens is 463 g/mol. The highest BCUT2D eigenvalue weighted by Gasteiger charge is 2.31. The van der Waals surface area contributed by atoms with Gasteiger partial charge >= 0.3 is 12.1 Å². The Morgan fingerprint density at radius 3 is 2.57 bits per heavy atom. The molecule has 2 aromatic carbocycles. The molecular formula is C22H19BrF3NO3. The van der Waals surface area contributed by atoms with E-state index in [0.29, 0.717) is 28.8 Å². The van der Waals surface area contributed by atoms with Crippen LogP contribution in [0.2, 0.25) is 0 Å². The number of esters is 1. The quantitative estimate of drug-likeness (QED) is 0.302. The summed E-state index contributed by atoms with van der Waals surface area (Å²) in [5.74, 6) is -0.0263. The Hall–Kier alpha value is -2.61. The minimum absolute atomic E-state index is 0.208. The molecule has 0 atom stereocenters. The minimum atomic E-state index is -4.49.